The molecule has 3 N–H and O–H groups in total. The molecule has 3 amide bonds. The van der Waals surface area contributed by atoms with Gasteiger partial charge in [0.15, 0.2) is 11.4 Å². The van der Waals surface area contributed by atoms with E-state index in [1.54, 1.807) is 6.20 Å². The molecule has 0 saturated carbocycles. The number of aromatic hydroxyl groups is 1. The summed E-state index contributed by atoms with van der Waals surface area (Å²) in [6, 6.07) is 8.37. The number of carbonyl (C=O) groups is 2. The van der Waals surface area contributed by atoms with Gasteiger partial charge in [0.1, 0.15) is 11.6 Å². The van der Waals surface area contributed by atoms with Gasteiger partial charge in [-0.3, -0.25) is 10.1 Å². The van der Waals surface area contributed by atoms with E-state index in [0.717, 1.165) is 0 Å². The number of rotatable bonds is 3. The maximum absolute atomic E-state index is 13.4. The highest BCUT2D eigenvalue weighted by atomic mass is 19.1. The molecule has 4 rings (SSSR count). The number of benzene rings is 2. The molecule has 2 aromatic carbocycles. The molecule has 132 valence electrons. The van der Waals surface area contributed by atoms with E-state index in [0.29, 0.717) is 10.9 Å². The van der Waals surface area contributed by atoms with E-state index in [1.807, 2.05) is 0 Å². The van der Waals surface area contributed by atoms with Crippen molar-refractivity contribution < 1.29 is 23.5 Å². The van der Waals surface area contributed by atoms with E-state index in [-0.39, 0.29) is 17.8 Å². The van der Waals surface area contributed by atoms with Crippen LogP contribution in [0.1, 0.15) is 5.56 Å². The lowest BCUT2D eigenvalue weighted by atomic mass is 9.89. The highest BCUT2D eigenvalue weighted by molar-refractivity contribution is 6.07. The van der Waals surface area contributed by atoms with Gasteiger partial charge in [0.05, 0.1) is 6.54 Å². The van der Waals surface area contributed by atoms with Crippen LogP contribution in [0.3, 0.4) is 0 Å². The summed E-state index contributed by atoms with van der Waals surface area (Å²) in [5, 5.41) is 16.0. The Morgan fingerprint density at radius 3 is 2.38 bits per heavy atom. The Balaban J connectivity index is 1.84. The normalized spacial score (nSPS) is 19.6. The molecule has 8 heteroatoms. The number of urea groups is 1. The number of fused-ring (bicyclic) bond motifs is 1. The van der Waals surface area contributed by atoms with Gasteiger partial charge in [0.25, 0.3) is 5.91 Å². The predicted octanol–water partition coefficient (Wildman–Crippen LogP) is 2.36. The average Bonchev–Trinajstić information content (AvgIpc) is 3.06. The van der Waals surface area contributed by atoms with E-state index in [4.69, 9.17) is 0 Å². The van der Waals surface area contributed by atoms with E-state index in [2.05, 4.69) is 10.6 Å². The van der Waals surface area contributed by atoms with Gasteiger partial charge in [0, 0.05) is 17.0 Å². The molecule has 1 aliphatic rings. The molecule has 0 unspecified atom stereocenters. The fraction of sp³-hybridized carbons (Fsp3) is 0.111. The number of imide groups is 1. The number of nitrogens with one attached hydrogen (secondary N) is 2. The molecule has 6 nitrogen and oxygen atoms in total. The summed E-state index contributed by atoms with van der Waals surface area (Å²) in [5.74, 6) is -1.86. The summed E-state index contributed by atoms with van der Waals surface area (Å²) >= 11 is 0. The maximum atomic E-state index is 13.4. The van der Waals surface area contributed by atoms with Crippen LogP contribution in [0.5, 0.6) is 5.88 Å². The largest absolute Gasteiger partial charge is 0.494 e. The molecular weight excluding hydrogens is 344 g/mol. The fourth-order valence-electron chi connectivity index (χ4n) is 3.23. The van der Waals surface area contributed by atoms with E-state index >= 15 is 0 Å². The van der Waals surface area contributed by atoms with E-state index in [9.17, 15) is 23.5 Å². The number of amides is 3. The first kappa shape index (κ1) is 16.1. The van der Waals surface area contributed by atoms with Crippen molar-refractivity contribution in [2.45, 2.75) is 12.1 Å². The molecule has 0 bridgehead atoms. The van der Waals surface area contributed by atoms with Crippen molar-refractivity contribution in [1.82, 2.24) is 15.2 Å². The van der Waals surface area contributed by atoms with Crippen LogP contribution in [0.25, 0.3) is 10.8 Å². The summed E-state index contributed by atoms with van der Waals surface area (Å²) in [7, 11) is 0. The number of carbonyl (C=O) groups excluding carboxylic acids is 2. The quantitative estimate of drug-likeness (QED) is 0.629. The minimum absolute atomic E-state index is 0.154. The first-order valence-corrected chi connectivity index (χ1v) is 7.76. The standard InChI is InChI=1S/C18H13F2N3O3/c19-12-5-2-11(3-6-12)18(16(25)21-17(26)22-18)9-23-8-10-1-4-13(20)7-14(10)15(23)24/h1-8,24H,9H2,(H2,21,22,25,26)/t18-/m0/s1. The van der Waals surface area contributed by atoms with Gasteiger partial charge in [-0.05, 0) is 35.9 Å². The van der Waals surface area contributed by atoms with Crippen LogP contribution in [0.15, 0.2) is 48.7 Å². The van der Waals surface area contributed by atoms with Gasteiger partial charge < -0.3 is 15.0 Å². The first-order chi connectivity index (χ1) is 12.4. The van der Waals surface area contributed by atoms with Gasteiger partial charge in [0.2, 0.25) is 0 Å². The Hall–Kier alpha value is -3.42. The fourth-order valence-corrected chi connectivity index (χ4v) is 3.23. The van der Waals surface area contributed by atoms with Crippen molar-refractivity contribution in [3.63, 3.8) is 0 Å². The van der Waals surface area contributed by atoms with Crippen LogP contribution in [0.4, 0.5) is 13.6 Å². The third kappa shape index (κ3) is 2.38. The Bertz CT molecular complexity index is 1050. The van der Waals surface area contributed by atoms with Crippen LogP contribution in [0, 0.1) is 11.6 Å². The van der Waals surface area contributed by atoms with Gasteiger partial charge in [-0.1, -0.05) is 12.1 Å². The Kier molecular flexibility index (Phi) is 3.43. The van der Waals surface area contributed by atoms with E-state index < -0.39 is 29.1 Å². The predicted molar refractivity (Wildman–Crippen MR) is 88.3 cm³/mol. The first-order valence-electron chi connectivity index (χ1n) is 7.76. The second kappa shape index (κ2) is 5.55. The van der Waals surface area contributed by atoms with Crippen LogP contribution < -0.4 is 10.6 Å². The van der Waals surface area contributed by atoms with Crippen molar-refractivity contribution >= 4 is 22.7 Å². The molecule has 0 radical (unpaired) electrons. The molecule has 1 aromatic heterocycles. The van der Waals surface area contributed by atoms with Crippen molar-refractivity contribution in [3.8, 4) is 5.88 Å². The third-order valence-electron chi connectivity index (χ3n) is 4.51. The lowest BCUT2D eigenvalue weighted by Gasteiger charge is -2.27. The monoisotopic (exact) mass is 357 g/mol. The third-order valence-corrected chi connectivity index (χ3v) is 4.51. The Morgan fingerprint density at radius 2 is 1.73 bits per heavy atom. The summed E-state index contributed by atoms with van der Waals surface area (Å²) in [4.78, 5) is 24.3. The second-order valence-corrected chi connectivity index (χ2v) is 6.13. The van der Waals surface area contributed by atoms with Crippen LogP contribution in [-0.4, -0.2) is 21.6 Å². The van der Waals surface area contributed by atoms with Crippen LogP contribution in [-0.2, 0) is 16.9 Å². The Labute approximate surface area is 146 Å². The van der Waals surface area contributed by atoms with Gasteiger partial charge in [-0.15, -0.1) is 0 Å². The van der Waals surface area contributed by atoms with Crippen molar-refractivity contribution in [3.05, 3.63) is 65.9 Å². The highest BCUT2D eigenvalue weighted by Crippen LogP contribution is 2.33. The molecule has 1 saturated heterocycles. The number of halogens is 2. The Morgan fingerprint density at radius 1 is 1.04 bits per heavy atom. The maximum Gasteiger partial charge on any atom is 0.322 e. The number of aromatic nitrogens is 1. The smallest absolute Gasteiger partial charge is 0.322 e. The molecule has 0 spiro atoms. The van der Waals surface area contributed by atoms with Crippen LogP contribution >= 0.6 is 0 Å². The summed E-state index contributed by atoms with van der Waals surface area (Å²) in [6.07, 6.45) is 1.55. The van der Waals surface area contributed by atoms with Crippen molar-refractivity contribution in [2.75, 3.05) is 0 Å². The summed E-state index contributed by atoms with van der Waals surface area (Å²) < 4.78 is 28.1. The molecule has 26 heavy (non-hydrogen) atoms. The lowest BCUT2D eigenvalue weighted by Crippen LogP contribution is -2.47. The summed E-state index contributed by atoms with van der Waals surface area (Å²) in [6.45, 7) is -0.154. The lowest BCUT2D eigenvalue weighted by molar-refractivity contribution is -0.124. The zero-order chi connectivity index (χ0) is 18.5. The molecule has 3 aromatic rings. The van der Waals surface area contributed by atoms with Gasteiger partial charge >= 0.3 is 6.03 Å². The number of nitrogens with zero attached hydrogens (tertiary/aromatic N) is 1. The van der Waals surface area contributed by atoms with Crippen molar-refractivity contribution in [2.24, 2.45) is 0 Å². The zero-order valence-corrected chi connectivity index (χ0v) is 13.3. The molecule has 1 fully saturated rings. The number of hydrogen-bond donors (Lipinski definition) is 3. The minimum Gasteiger partial charge on any atom is -0.494 e. The topological polar surface area (TPSA) is 83.4 Å². The molecule has 0 aliphatic carbocycles. The van der Waals surface area contributed by atoms with Crippen molar-refractivity contribution in [1.29, 1.82) is 0 Å². The molecule has 1 atom stereocenters. The zero-order valence-electron chi connectivity index (χ0n) is 13.3. The SMILES string of the molecule is O=C1NC(=O)[C@](Cn2cc3ccc(F)cc3c2O)(c2ccc(F)cc2)N1. The van der Waals surface area contributed by atoms with Gasteiger partial charge in [-0.25, -0.2) is 13.6 Å². The average molecular weight is 357 g/mol. The summed E-state index contributed by atoms with van der Waals surface area (Å²) in [5.41, 5.74) is -1.18. The van der Waals surface area contributed by atoms with Gasteiger partial charge in [-0.2, -0.15) is 0 Å². The highest BCUT2D eigenvalue weighted by Gasteiger charge is 2.48. The van der Waals surface area contributed by atoms with E-state index in [1.165, 1.54) is 47.0 Å². The number of hydrogen-bond acceptors (Lipinski definition) is 3. The van der Waals surface area contributed by atoms with Crippen LogP contribution in [0.2, 0.25) is 0 Å². The second-order valence-electron chi connectivity index (χ2n) is 6.13. The minimum atomic E-state index is -1.53. The molecule has 2 heterocycles. The molecular formula is C18H13F2N3O3. The molecule has 1 aliphatic heterocycles.